The Bertz CT molecular complexity index is 1660. The maximum absolute atomic E-state index is 14.9. The molecule has 3 fully saturated rings. The number of hydrogen-bond donors (Lipinski definition) is 1. The van der Waals surface area contributed by atoms with Crippen LogP contribution in [-0.4, -0.2) is 90.6 Å². The van der Waals surface area contributed by atoms with E-state index in [1.807, 2.05) is 75.4 Å². The van der Waals surface area contributed by atoms with Crippen molar-refractivity contribution in [2.24, 2.45) is 17.8 Å². The molecule has 3 unspecified atom stereocenters. The number of amides is 3. The average molecular weight is 627 g/mol. The van der Waals surface area contributed by atoms with Crippen molar-refractivity contribution in [2.75, 3.05) is 24.6 Å². The van der Waals surface area contributed by atoms with Crippen LogP contribution in [0.15, 0.2) is 79.9 Å². The highest BCUT2D eigenvalue weighted by atomic mass is 16.5. The Morgan fingerprint density at radius 2 is 1.80 bits per heavy atom. The number of rotatable bonds is 12. The molecule has 3 amide bonds. The molecule has 11 nitrogen and oxygen atoms in total. The molecule has 3 aromatic rings. The quantitative estimate of drug-likeness (QED) is 0.306. The van der Waals surface area contributed by atoms with Gasteiger partial charge < -0.3 is 24.5 Å². The molecule has 3 aliphatic rings. The van der Waals surface area contributed by atoms with Crippen molar-refractivity contribution in [2.45, 2.75) is 63.6 Å². The fourth-order valence-corrected chi connectivity index (χ4v) is 8.10. The molecule has 1 spiro atoms. The highest BCUT2D eigenvalue weighted by molar-refractivity contribution is 6.03. The summed E-state index contributed by atoms with van der Waals surface area (Å²) in [6, 6.07) is 15.1. The van der Waals surface area contributed by atoms with Crippen LogP contribution in [0.1, 0.15) is 33.6 Å². The van der Waals surface area contributed by atoms with Crippen molar-refractivity contribution in [3.8, 4) is 0 Å². The summed E-state index contributed by atoms with van der Waals surface area (Å²) >= 11 is 0. The summed E-state index contributed by atoms with van der Waals surface area (Å²) in [7, 11) is 0. The monoisotopic (exact) mass is 626 g/mol. The third kappa shape index (κ3) is 4.67. The van der Waals surface area contributed by atoms with Crippen LogP contribution in [-0.2, 0) is 25.8 Å². The molecule has 3 saturated heterocycles. The van der Waals surface area contributed by atoms with Crippen LogP contribution in [0.4, 0.5) is 5.69 Å². The molecule has 0 radical (unpaired) electrons. The number of aliphatic hydroxyl groups is 1. The summed E-state index contributed by atoms with van der Waals surface area (Å²) in [6.07, 6.45) is 4.13. The highest BCUT2D eigenvalue weighted by Gasteiger charge is 2.80. The number of benzene rings is 2. The zero-order chi connectivity index (χ0) is 32.8. The number of carbonyl (C=O) groups excluding carboxylic acids is 3. The summed E-state index contributed by atoms with van der Waals surface area (Å²) in [6.45, 7) is 13.7. The molecule has 2 aromatic carbocycles. The van der Waals surface area contributed by atoms with Gasteiger partial charge >= 0.3 is 0 Å². The lowest BCUT2D eigenvalue weighted by molar-refractivity contribution is -0.156. The zero-order valence-electron chi connectivity index (χ0n) is 26.7. The van der Waals surface area contributed by atoms with E-state index in [0.717, 1.165) is 5.52 Å². The Hall–Kier alpha value is -4.35. The van der Waals surface area contributed by atoms with Gasteiger partial charge in [0.1, 0.15) is 23.8 Å². The number of hydrogen-bond acceptors (Lipinski definition) is 7. The van der Waals surface area contributed by atoms with Gasteiger partial charge in [0.2, 0.25) is 17.7 Å². The number of aromatic nitrogens is 3. The third-order valence-corrected chi connectivity index (χ3v) is 10.4. The average Bonchev–Trinajstić information content (AvgIpc) is 3.73. The standard InChI is InChI=1S/C35H42N6O5/c1-6-18-38(22-40-27-17-13-12-16-26(27)36-37-40)33(45)30-35-20-23(4)34(5,46-35)28(29(35)32(44)41(30)24(8-3)21-42)31(43)39(19-7-2)25-14-10-9-11-15-25/h6-7,9-17,23-24,28-30,42H,1-2,8,18-22H2,3-5H3/t23?,24-,28+,29-,30?,34-,35?/m0/s1. The van der Waals surface area contributed by atoms with E-state index in [1.54, 1.807) is 26.6 Å². The van der Waals surface area contributed by atoms with Crippen LogP contribution >= 0.6 is 0 Å². The molecule has 1 N–H and O–H groups in total. The van der Waals surface area contributed by atoms with E-state index >= 15 is 0 Å². The molecule has 1 aromatic heterocycles. The predicted molar refractivity (Wildman–Crippen MR) is 173 cm³/mol. The van der Waals surface area contributed by atoms with E-state index in [9.17, 15) is 19.5 Å². The Labute approximate surface area is 269 Å². The summed E-state index contributed by atoms with van der Waals surface area (Å²) in [5.74, 6) is -2.84. The first-order chi connectivity index (χ1) is 22.2. The second-order valence-electron chi connectivity index (χ2n) is 12.8. The lowest BCUT2D eigenvalue weighted by Crippen LogP contribution is -2.59. The van der Waals surface area contributed by atoms with E-state index in [0.29, 0.717) is 24.0 Å². The summed E-state index contributed by atoms with van der Waals surface area (Å²) in [5.41, 5.74) is -0.128. The van der Waals surface area contributed by atoms with Crippen LogP contribution in [0.25, 0.3) is 11.0 Å². The van der Waals surface area contributed by atoms with E-state index in [-0.39, 0.29) is 50.0 Å². The minimum absolute atomic E-state index is 0.0663. The topological polar surface area (TPSA) is 121 Å². The van der Waals surface area contributed by atoms with Gasteiger partial charge in [-0.05, 0) is 49.9 Å². The van der Waals surface area contributed by atoms with Gasteiger partial charge in [-0.3, -0.25) is 14.4 Å². The third-order valence-electron chi connectivity index (χ3n) is 10.4. The van der Waals surface area contributed by atoms with Gasteiger partial charge in [0, 0.05) is 18.8 Å². The Morgan fingerprint density at radius 3 is 2.48 bits per heavy atom. The molecule has 11 heteroatoms. The summed E-state index contributed by atoms with van der Waals surface area (Å²) < 4.78 is 8.61. The first-order valence-electron chi connectivity index (χ1n) is 15.9. The molecule has 242 valence electrons. The van der Waals surface area contributed by atoms with E-state index in [1.165, 1.54) is 4.90 Å². The fourth-order valence-electron chi connectivity index (χ4n) is 8.10. The molecule has 46 heavy (non-hydrogen) atoms. The Kier molecular flexibility index (Phi) is 8.32. The largest absolute Gasteiger partial charge is 0.394 e. The van der Waals surface area contributed by atoms with Crippen molar-refractivity contribution >= 4 is 34.4 Å². The number of anilines is 1. The van der Waals surface area contributed by atoms with Crippen molar-refractivity contribution in [1.29, 1.82) is 0 Å². The van der Waals surface area contributed by atoms with E-state index < -0.39 is 35.1 Å². The second-order valence-corrected chi connectivity index (χ2v) is 12.8. The zero-order valence-corrected chi connectivity index (χ0v) is 26.7. The van der Waals surface area contributed by atoms with Gasteiger partial charge in [0.05, 0.1) is 35.6 Å². The summed E-state index contributed by atoms with van der Waals surface area (Å²) in [4.78, 5) is 49.1. The van der Waals surface area contributed by atoms with Gasteiger partial charge in [-0.1, -0.05) is 61.5 Å². The molecular formula is C35H42N6O5. The number of fused-ring (bicyclic) bond motifs is 2. The minimum Gasteiger partial charge on any atom is -0.394 e. The molecule has 3 aliphatic heterocycles. The first kappa shape index (κ1) is 31.6. The van der Waals surface area contributed by atoms with Crippen LogP contribution in [0.5, 0.6) is 0 Å². The SMILES string of the molecule is C=CCN(Cn1nnc2ccccc21)C(=O)C1N([C@@H](CC)CO)C(=O)[C@@H]2[C@H](C(=O)N(CC=C)c3ccccc3)[C@@]3(C)OC12CC3C. The Balaban J connectivity index is 1.45. The first-order valence-corrected chi connectivity index (χ1v) is 15.9. The smallest absolute Gasteiger partial charge is 0.250 e. The van der Waals surface area contributed by atoms with Gasteiger partial charge in [-0.25, -0.2) is 4.68 Å². The molecular weight excluding hydrogens is 584 g/mol. The molecule has 0 saturated carbocycles. The maximum atomic E-state index is 14.9. The number of para-hydroxylation sites is 2. The van der Waals surface area contributed by atoms with E-state index in [2.05, 4.69) is 23.5 Å². The lowest BCUT2D eigenvalue weighted by Gasteiger charge is -2.39. The number of carbonyl (C=O) groups is 3. The van der Waals surface area contributed by atoms with Crippen molar-refractivity contribution < 1.29 is 24.2 Å². The Morgan fingerprint density at radius 1 is 1.11 bits per heavy atom. The van der Waals surface area contributed by atoms with Crippen LogP contribution in [0.3, 0.4) is 0 Å². The van der Waals surface area contributed by atoms with Crippen LogP contribution < -0.4 is 4.90 Å². The summed E-state index contributed by atoms with van der Waals surface area (Å²) in [5, 5.41) is 19.0. The fraction of sp³-hybridized carbons (Fsp3) is 0.457. The van der Waals surface area contributed by atoms with Gasteiger partial charge in [-0.2, -0.15) is 0 Å². The van der Waals surface area contributed by atoms with E-state index in [4.69, 9.17) is 4.74 Å². The van der Waals surface area contributed by atoms with Crippen LogP contribution in [0, 0.1) is 17.8 Å². The number of ether oxygens (including phenoxy) is 1. The van der Waals surface area contributed by atoms with Crippen molar-refractivity contribution in [3.05, 3.63) is 79.9 Å². The van der Waals surface area contributed by atoms with Crippen molar-refractivity contribution in [1.82, 2.24) is 24.8 Å². The predicted octanol–water partition coefficient (Wildman–Crippen LogP) is 3.40. The molecule has 6 rings (SSSR count). The van der Waals surface area contributed by atoms with Gasteiger partial charge in [0.25, 0.3) is 0 Å². The van der Waals surface area contributed by atoms with Gasteiger partial charge in [0.15, 0.2) is 0 Å². The second kappa shape index (κ2) is 12.1. The minimum atomic E-state index is -1.27. The molecule has 0 aliphatic carbocycles. The normalized spacial score (nSPS) is 28.7. The number of likely N-dealkylation sites (tertiary alicyclic amines) is 1. The molecule has 2 bridgehead atoms. The molecule has 4 heterocycles. The van der Waals surface area contributed by atoms with Crippen molar-refractivity contribution in [3.63, 3.8) is 0 Å². The highest BCUT2D eigenvalue weighted by Crippen LogP contribution is 2.66. The number of aliphatic hydroxyl groups excluding tert-OH is 1. The molecule has 7 atom stereocenters. The lowest BCUT2D eigenvalue weighted by atomic mass is 9.62. The van der Waals surface area contributed by atoms with Crippen LogP contribution in [0.2, 0.25) is 0 Å². The maximum Gasteiger partial charge on any atom is 0.250 e. The van der Waals surface area contributed by atoms with Gasteiger partial charge in [-0.15, -0.1) is 18.3 Å². The number of nitrogens with zero attached hydrogens (tertiary/aromatic N) is 6.